The van der Waals surface area contributed by atoms with E-state index < -0.39 is 18.6 Å². The fraction of sp³-hybridized carbons (Fsp3) is 0.412. The van der Waals surface area contributed by atoms with Crippen molar-refractivity contribution in [2.75, 3.05) is 13.2 Å². The molecule has 136 valence electrons. The lowest BCUT2D eigenvalue weighted by Gasteiger charge is -2.34. The van der Waals surface area contributed by atoms with Crippen molar-refractivity contribution in [1.29, 1.82) is 0 Å². The molecule has 1 aliphatic heterocycles. The molecule has 0 spiro atoms. The number of hydrogen-bond donors (Lipinski definition) is 1. The summed E-state index contributed by atoms with van der Waals surface area (Å²) < 4.78 is 33.9. The summed E-state index contributed by atoms with van der Waals surface area (Å²) in [5.74, 6) is -0.536. The number of benzene rings is 1. The van der Waals surface area contributed by atoms with Gasteiger partial charge in [0.1, 0.15) is 5.75 Å². The summed E-state index contributed by atoms with van der Waals surface area (Å²) in [7, 11) is 0. The van der Waals surface area contributed by atoms with Gasteiger partial charge in [0.05, 0.1) is 18.2 Å². The molecule has 0 unspecified atom stereocenters. The summed E-state index contributed by atoms with van der Waals surface area (Å²) >= 11 is 0. The van der Waals surface area contributed by atoms with Gasteiger partial charge in [-0.15, -0.1) is 0 Å². The maximum absolute atomic E-state index is 12.4. The number of esters is 1. The van der Waals surface area contributed by atoms with Gasteiger partial charge in [-0.05, 0) is 38.5 Å². The summed E-state index contributed by atoms with van der Waals surface area (Å²) in [5, 5.41) is 2.75. The smallest absolute Gasteiger partial charge is 0.387 e. The highest BCUT2D eigenvalue weighted by Crippen LogP contribution is 2.32. The molecular formula is C17H20F2N2O4. The Morgan fingerprint density at radius 3 is 2.44 bits per heavy atom. The first-order valence-corrected chi connectivity index (χ1v) is 7.89. The molecule has 0 aliphatic carbocycles. The van der Waals surface area contributed by atoms with Crippen LogP contribution >= 0.6 is 0 Å². The van der Waals surface area contributed by atoms with Crippen LogP contribution in [0.25, 0.3) is 0 Å². The average Bonchev–Trinajstić information content (AvgIpc) is 2.55. The minimum atomic E-state index is -2.92. The molecule has 2 rings (SSSR count). The van der Waals surface area contributed by atoms with Crippen molar-refractivity contribution >= 4 is 12.0 Å². The molecule has 1 aromatic carbocycles. The summed E-state index contributed by atoms with van der Waals surface area (Å²) in [6.45, 7) is 2.84. The molecule has 1 heterocycles. The van der Waals surface area contributed by atoms with Gasteiger partial charge in [-0.25, -0.2) is 9.59 Å². The number of rotatable bonds is 6. The molecule has 8 heteroatoms. The predicted octanol–water partition coefficient (Wildman–Crippen LogP) is 3.21. The van der Waals surface area contributed by atoms with Crippen molar-refractivity contribution in [3.63, 3.8) is 0 Å². The molecule has 6 nitrogen and oxygen atoms in total. The van der Waals surface area contributed by atoms with E-state index in [1.54, 1.807) is 20.8 Å². The van der Waals surface area contributed by atoms with Gasteiger partial charge in [-0.1, -0.05) is 12.1 Å². The molecule has 0 aromatic heterocycles. The number of nitrogens with zero attached hydrogens (tertiary/aromatic N) is 1. The van der Waals surface area contributed by atoms with E-state index in [0.717, 1.165) is 0 Å². The van der Waals surface area contributed by atoms with Crippen LogP contribution in [0.5, 0.6) is 5.75 Å². The van der Waals surface area contributed by atoms with E-state index in [1.165, 1.54) is 29.2 Å². The van der Waals surface area contributed by atoms with Gasteiger partial charge in [-0.3, -0.25) is 4.90 Å². The molecule has 25 heavy (non-hydrogen) atoms. The zero-order valence-electron chi connectivity index (χ0n) is 14.2. The van der Waals surface area contributed by atoms with Crippen molar-refractivity contribution in [3.8, 4) is 5.75 Å². The second-order valence-corrected chi connectivity index (χ2v) is 5.29. The first kappa shape index (κ1) is 18.7. The van der Waals surface area contributed by atoms with E-state index in [-0.39, 0.29) is 18.4 Å². The maximum Gasteiger partial charge on any atom is 0.387 e. The SMILES string of the molecule is CCOC(=O)C1=C(C)N(CC)C(=O)N[C@@H]1c1ccc(OC(F)F)cc1. The molecule has 0 radical (unpaired) electrons. The molecule has 1 N–H and O–H groups in total. The lowest BCUT2D eigenvalue weighted by molar-refractivity contribution is -0.139. The highest BCUT2D eigenvalue weighted by atomic mass is 19.3. The van der Waals surface area contributed by atoms with E-state index in [0.29, 0.717) is 23.4 Å². The van der Waals surface area contributed by atoms with Crippen molar-refractivity contribution in [3.05, 3.63) is 41.1 Å². The minimum Gasteiger partial charge on any atom is -0.463 e. The van der Waals surface area contributed by atoms with Crippen molar-refractivity contribution in [1.82, 2.24) is 10.2 Å². The number of alkyl halides is 2. The van der Waals surface area contributed by atoms with Gasteiger partial charge in [0.25, 0.3) is 0 Å². The highest BCUT2D eigenvalue weighted by molar-refractivity contribution is 5.95. The minimum absolute atomic E-state index is 0.00513. The third-order valence-corrected chi connectivity index (χ3v) is 3.85. The number of amides is 2. The Balaban J connectivity index is 2.41. The average molecular weight is 354 g/mol. The second-order valence-electron chi connectivity index (χ2n) is 5.29. The number of carbonyl (C=O) groups excluding carboxylic acids is 2. The number of nitrogens with one attached hydrogen (secondary N) is 1. The Bertz CT molecular complexity index is 674. The number of ether oxygens (including phenoxy) is 2. The topological polar surface area (TPSA) is 67.9 Å². The first-order chi connectivity index (χ1) is 11.9. The lowest BCUT2D eigenvalue weighted by Crippen LogP contribution is -2.47. The van der Waals surface area contributed by atoms with Crippen LogP contribution in [0.1, 0.15) is 32.4 Å². The Morgan fingerprint density at radius 1 is 1.28 bits per heavy atom. The van der Waals surface area contributed by atoms with Crippen LogP contribution in [0.4, 0.5) is 13.6 Å². The second kappa shape index (κ2) is 7.96. The molecule has 1 atom stereocenters. The molecule has 2 amide bonds. The van der Waals surface area contributed by atoms with Gasteiger partial charge >= 0.3 is 18.6 Å². The summed E-state index contributed by atoms with van der Waals surface area (Å²) in [6, 6.07) is 4.70. The number of carbonyl (C=O) groups is 2. The molecule has 1 aliphatic rings. The Hall–Kier alpha value is -2.64. The standard InChI is InChI=1S/C17H20F2N2O4/c1-4-21-10(3)13(15(22)24-5-2)14(20-17(21)23)11-6-8-12(9-7-11)25-16(18)19/h6-9,14,16H,4-5H2,1-3H3,(H,20,23)/t14-/m1/s1. The van der Waals surface area contributed by atoms with E-state index in [1.807, 2.05) is 0 Å². The van der Waals surface area contributed by atoms with Crippen LogP contribution in [-0.2, 0) is 9.53 Å². The molecule has 0 bridgehead atoms. The summed E-state index contributed by atoms with van der Waals surface area (Å²) in [5.41, 5.74) is 1.38. The normalized spacial score (nSPS) is 17.6. The van der Waals surface area contributed by atoms with Gasteiger partial charge in [0.2, 0.25) is 0 Å². The molecular weight excluding hydrogens is 334 g/mol. The zero-order valence-corrected chi connectivity index (χ0v) is 14.2. The van der Waals surface area contributed by atoms with Gasteiger partial charge < -0.3 is 14.8 Å². The fourth-order valence-corrected chi connectivity index (χ4v) is 2.73. The van der Waals surface area contributed by atoms with E-state index in [2.05, 4.69) is 10.1 Å². The summed E-state index contributed by atoms with van der Waals surface area (Å²) in [4.78, 5) is 26.1. The van der Waals surface area contributed by atoms with Crippen molar-refractivity contribution < 1.29 is 27.8 Å². The van der Waals surface area contributed by atoms with Crippen molar-refractivity contribution in [2.24, 2.45) is 0 Å². The Labute approximate surface area is 144 Å². The van der Waals surface area contributed by atoms with Crippen LogP contribution in [0.3, 0.4) is 0 Å². The van der Waals surface area contributed by atoms with Gasteiger partial charge in [0.15, 0.2) is 0 Å². The number of hydrogen-bond acceptors (Lipinski definition) is 4. The van der Waals surface area contributed by atoms with Crippen LogP contribution in [-0.4, -0.2) is 36.7 Å². The van der Waals surface area contributed by atoms with Crippen LogP contribution in [0.2, 0.25) is 0 Å². The molecule has 1 aromatic rings. The predicted molar refractivity (Wildman–Crippen MR) is 86.1 cm³/mol. The molecule has 0 saturated heterocycles. The van der Waals surface area contributed by atoms with E-state index in [4.69, 9.17) is 4.74 Å². The van der Waals surface area contributed by atoms with Gasteiger partial charge in [-0.2, -0.15) is 8.78 Å². The third-order valence-electron chi connectivity index (χ3n) is 3.85. The molecule has 0 fully saturated rings. The number of urea groups is 1. The maximum atomic E-state index is 12.4. The molecule has 0 saturated carbocycles. The van der Waals surface area contributed by atoms with E-state index >= 15 is 0 Å². The van der Waals surface area contributed by atoms with Gasteiger partial charge in [0, 0.05) is 12.2 Å². The highest BCUT2D eigenvalue weighted by Gasteiger charge is 2.35. The number of allylic oxidation sites excluding steroid dienone is 1. The van der Waals surface area contributed by atoms with Crippen molar-refractivity contribution in [2.45, 2.75) is 33.4 Å². The largest absolute Gasteiger partial charge is 0.463 e. The Morgan fingerprint density at radius 2 is 1.92 bits per heavy atom. The Kier molecular flexibility index (Phi) is 5.95. The quantitative estimate of drug-likeness (QED) is 0.797. The lowest BCUT2D eigenvalue weighted by atomic mass is 9.95. The van der Waals surface area contributed by atoms with Crippen LogP contribution < -0.4 is 10.1 Å². The third kappa shape index (κ3) is 4.07. The number of halogens is 2. The first-order valence-electron chi connectivity index (χ1n) is 7.89. The van der Waals surface area contributed by atoms with Crippen LogP contribution in [0.15, 0.2) is 35.5 Å². The van der Waals surface area contributed by atoms with E-state index in [9.17, 15) is 18.4 Å². The fourth-order valence-electron chi connectivity index (χ4n) is 2.73. The zero-order chi connectivity index (χ0) is 18.6. The monoisotopic (exact) mass is 354 g/mol. The summed E-state index contributed by atoms with van der Waals surface area (Å²) in [6.07, 6.45) is 0. The van der Waals surface area contributed by atoms with Crippen LogP contribution in [0, 0.1) is 0 Å².